The average molecular weight is 335 g/mol. The van der Waals surface area contributed by atoms with E-state index in [-0.39, 0.29) is 5.91 Å². The number of carbonyl (C=O) groups is 1. The standard InChI is InChI=1S/C16H21N3OS2/c20-16(8-4-1-5-12-9-10-21-22-12)17-11-15-18-13-6-2-3-7-14(13)19-15/h2-3,6-7,12H,1,4-5,8-11H2,(H,17,20)(H,18,19). The number of nitrogens with one attached hydrogen (secondary N) is 2. The lowest BCUT2D eigenvalue weighted by molar-refractivity contribution is -0.121. The highest BCUT2D eigenvalue weighted by molar-refractivity contribution is 8.77. The van der Waals surface area contributed by atoms with Crippen LogP contribution < -0.4 is 5.32 Å². The predicted octanol–water partition coefficient (Wildman–Crippen LogP) is 3.89. The maximum atomic E-state index is 11.9. The molecule has 1 aromatic heterocycles. The summed E-state index contributed by atoms with van der Waals surface area (Å²) in [6.07, 6.45) is 5.32. The third kappa shape index (κ3) is 4.43. The zero-order valence-electron chi connectivity index (χ0n) is 12.5. The minimum Gasteiger partial charge on any atom is -0.349 e. The molecule has 1 aliphatic rings. The van der Waals surface area contributed by atoms with Crippen LogP contribution in [-0.4, -0.2) is 26.9 Å². The van der Waals surface area contributed by atoms with Gasteiger partial charge in [0.1, 0.15) is 5.82 Å². The molecule has 1 aromatic carbocycles. The number of benzene rings is 1. The maximum Gasteiger partial charge on any atom is 0.220 e. The van der Waals surface area contributed by atoms with Crippen molar-refractivity contribution in [1.82, 2.24) is 15.3 Å². The molecule has 2 N–H and O–H groups in total. The topological polar surface area (TPSA) is 57.8 Å². The van der Waals surface area contributed by atoms with Crippen LogP contribution in [0.25, 0.3) is 11.0 Å². The largest absolute Gasteiger partial charge is 0.349 e. The minimum atomic E-state index is 0.119. The fraction of sp³-hybridized carbons (Fsp3) is 0.500. The number of aromatic nitrogens is 2. The Morgan fingerprint density at radius 3 is 3.09 bits per heavy atom. The van der Waals surface area contributed by atoms with Gasteiger partial charge in [0.25, 0.3) is 0 Å². The Morgan fingerprint density at radius 1 is 1.36 bits per heavy atom. The second-order valence-electron chi connectivity index (χ2n) is 5.55. The Morgan fingerprint density at radius 2 is 2.27 bits per heavy atom. The number of rotatable bonds is 7. The number of unbranched alkanes of at least 4 members (excludes halogenated alkanes) is 1. The molecule has 1 fully saturated rings. The third-order valence-corrected chi connectivity index (χ3v) is 6.81. The lowest BCUT2D eigenvalue weighted by Crippen LogP contribution is -2.23. The van der Waals surface area contributed by atoms with Gasteiger partial charge in [-0.05, 0) is 31.4 Å². The van der Waals surface area contributed by atoms with E-state index in [1.165, 1.54) is 18.6 Å². The number of para-hydroxylation sites is 2. The number of carbonyl (C=O) groups excluding carboxylic acids is 1. The lowest BCUT2D eigenvalue weighted by atomic mass is 10.1. The molecule has 1 aliphatic heterocycles. The fourth-order valence-corrected chi connectivity index (χ4v) is 5.61. The Hall–Kier alpha value is -1.14. The number of aromatic amines is 1. The molecule has 3 rings (SSSR count). The van der Waals surface area contributed by atoms with Crippen LogP contribution in [0, 0.1) is 0 Å². The summed E-state index contributed by atoms with van der Waals surface area (Å²) in [7, 11) is 4.00. The van der Waals surface area contributed by atoms with Gasteiger partial charge in [0.2, 0.25) is 5.91 Å². The molecular weight excluding hydrogens is 314 g/mol. The number of imidazole rings is 1. The van der Waals surface area contributed by atoms with Crippen molar-refractivity contribution in [2.75, 3.05) is 5.75 Å². The fourth-order valence-electron chi connectivity index (χ4n) is 2.58. The quantitative estimate of drug-likeness (QED) is 0.595. The molecule has 1 atom stereocenters. The molecule has 22 heavy (non-hydrogen) atoms. The van der Waals surface area contributed by atoms with E-state index in [1.807, 2.05) is 45.9 Å². The number of hydrogen-bond acceptors (Lipinski definition) is 4. The first kappa shape index (κ1) is 15.7. The molecule has 2 heterocycles. The molecule has 0 bridgehead atoms. The van der Waals surface area contributed by atoms with Crippen molar-refractivity contribution < 1.29 is 4.79 Å². The van der Waals surface area contributed by atoms with E-state index in [0.29, 0.717) is 13.0 Å². The van der Waals surface area contributed by atoms with Gasteiger partial charge < -0.3 is 10.3 Å². The summed E-state index contributed by atoms with van der Waals surface area (Å²) in [6, 6.07) is 7.90. The molecule has 0 spiro atoms. The summed E-state index contributed by atoms with van der Waals surface area (Å²) < 4.78 is 0. The molecule has 0 radical (unpaired) electrons. The highest BCUT2D eigenvalue weighted by Crippen LogP contribution is 2.39. The van der Waals surface area contributed by atoms with Crippen molar-refractivity contribution in [3.8, 4) is 0 Å². The van der Waals surface area contributed by atoms with Gasteiger partial charge >= 0.3 is 0 Å². The van der Waals surface area contributed by atoms with Gasteiger partial charge in [0.15, 0.2) is 0 Å². The van der Waals surface area contributed by atoms with E-state index in [1.54, 1.807) is 0 Å². The van der Waals surface area contributed by atoms with Crippen LogP contribution in [0.1, 0.15) is 37.9 Å². The minimum absolute atomic E-state index is 0.119. The zero-order chi connectivity index (χ0) is 15.2. The van der Waals surface area contributed by atoms with Crippen LogP contribution in [0.3, 0.4) is 0 Å². The molecule has 1 amide bonds. The van der Waals surface area contributed by atoms with Crippen LogP contribution in [0.4, 0.5) is 0 Å². The van der Waals surface area contributed by atoms with Crippen LogP contribution in [0.15, 0.2) is 24.3 Å². The summed E-state index contributed by atoms with van der Waals surface area (Å²) in [5.41, 5.74) is 1.96. The van der Waals surface area contributed by atoms with E-state index in [4.69, 9.17) is 0 Å². The van der Waals surface area contributed by atoms with Crippen LogP contribution >= 0.6 is 21.6 Å². The average Bonchev–Trinajstić information content (AvgIpc) is 3.18. The van der Waals surface area contributed by atoms with E-state index < -0.39 is 0 Å². The Bertz CT molecular complexity index is 590. The smallest absolute Gasteiger partial charge is 0.220 e. The van der Waals surface area contributed by atoms with E-state index in [0.717, 1.165) is 34.9 Å². The first-order valence-corrected chi connectivity index (χ1v) is 10.2. The van der Waals surface area contributed by atoms with Gasteiger partial charge in [0.05, 0.1) is 17.6 Å². The molecule has 4 nitrogen and oxygen atoms in total. The summed E-state index contributed by atoms with van der Waals surface area (Å²) in [4.78, 5) is 19.5. The summed E-state index contributed by atoms with van der Waals surface area (Å²) in [5, 5.41) is 3.76. The second kappa shape index (κ2) is 7.92. The lowest BCUT2D eigenvalue weighted by Gasteiger charge is -2.07. The first-order valence-electron chi connectivity index (χ1n) is 7.80. The molecule has 1 saturated heterocycles. The van der Waals surface area contributed by atoms with Gasteiger partial charge in [-0.25, -0.2) is 4.98 Å². The molecule has 6 heteroatoms. The number of fused-ring (bicyclic) bond motifs is 1. The highest BCUT2D eigenvalue weighted by Gasteiger charge is 2.15. The molecule has 0 saturated carbocycles. The number of nitrogens with zero attached hydrogens (tertiary/aromatic N) is 1. The van der Waals surface area contributed by atoms with Crippen molar-refractivity contribution in [3.63, 3.8) is 0 Å². The van der Waals surface area contributed by atoms with Crippen molar-refractivity contribution in [3.05, 3.63) is 30.1 Å². The van der Waals surface area contributed by atoms with Gasteiger partial charge in [-0.1, -0.05) is 40.1 Å². The number of hydrogen-bond donors (Lipinski definition) is 2. The number of amides is 1. The molecule has 2 aromatic rings. The van der Waals surface area contributed by atoms with Gasteiger partial charge in [-0.15, -0.1) is 0 Å². The van der Waals surface area contributed by atoms with Crippen molar-refractivity contribution in [1.29, 1.82) is 0 Å². The first-order chi connectivity index (χ1) is 10.8. The number of H-pyrrole nitrogens is 1. The van der Waals surface area contributed by atoms with Crippen molar-refractivity contribution in [2.24, 2.45) is 0 Å². The van der Waals surface area contributed by atoms with Crippen LogP contribution in [-0.2, 0) is 11.3 Å². The highest BCUT2D eigenvalue weighted by atomic mass is 33.1. The molecule has 1 unspecified atom stereocenters. The van der Waals surface area contributed by atoms with Crippen LogP contribution in [0.2, 0.25) is 0 Å². The predicted molar refractivity (Wildman–Crippen MR) is 94.9 cm³/mol. The van der Waals surface area contributed by atoms with Gasteiger partial charge in [-0.2, -0.15) is 0 Å². The molecular formula is C16H21N3OS2. The Kier molecular flexibility index (Phi) is 5.67. The SMILES string of the molecule is O=C(CCCCC1CCSS1)NCc1nc2ccccc2[nH]1. The summed E-state index contributed by atoms with van der Waals surface area (Å²) >= 11 is 0. The van der Waals surface area contributed by atoms with Crippen molar-refractivity contribution >= 4 is 38.5 Å². The maximum absolute atomic E-state index is 11.9. The van der Waals surface area contributed by atoms with E-state index in [9.17, 15) is 4.79 Å². The Labute approximate surface area is 138 Å². The van der Waals surface area contributed by atoms with E-state index in [2.05, 4.69) is 15.3 Å². The van der Waals surface area contributed by atoms with Gasteiger partial charge in [0, 0.05) is 17.4 Å². The zero-order valence-corrected chi connectivity index (χ0v) is 14.1. The molecule has 0 aliphatic carbocycles. The van der Waals surface area contributed by atoms with Gasteiger partial charge in [-0.3, -0.25) is 4.79 Å². The van der Waals surface area contributed by atoms with E-state index >= 15 is 0 Å². The monoisotopic (exact) mass is 335 g/mol. The van der Waals surface area contributed by atoms with Crippen LogP contribution in [0.5, 0.6) is 0 Å². The summed E-state index contributed by atoms with van der Waals surface area (Å²) in [6.45, 7) is 0.475. The van der Waals surface area contributed by atoms with Crippen molar-refractivity contribution in [2.45, 2.75) is 43.9 Å². The normalized spacial score (nSPS) is 17.9. The summed E-state index contributed by atoms with van der Waals surface area (Å²) in [5.74, 6) is 2.22. The Balaban J connectivity index is 1.35. The second-order valence-corrected chi connectivity index (χ2v) is 8.34. The third-order valence-electron chi connectivity index (χ3n) is 3.80. The molecule has 118 valence electrons.